The van der Waals surface area contributed by atoms with Gasteiger partial charge in [-0.1, -0.05) is 0 Å². The number of fused-ring (bicyclic) bond motifs is 1. The first-order valence-corrected chi connectivity index (χ1v) is 7.83. The molecule has 0 aliphatic heterocycles. The number of hydrogen-bond acceptors (Lipinski definition) is 3. The Kier molecular flexibility index (Phi) is 4.79. The van der Waals surface area contributed by atoms with Gasteiger partial charge in [0.25, 0.3) is 0 Å². The molecule has 0 saturated heterocycles. The second-order valence-electron chi connectivity index (χ2n) is 5.49. The third-order valence-electron chi connectivity index (χ3n) is 3.29. The highest BCUT2D eigenvalue weighted by Gasteiger charge is 2.34. The van der Waals surface area contributed by atoms with E-state index in [-0.39, 0.29) is 6.42 Å². The summed E-state index contributed by atoms with van der Waals surface area (Å²) < 4.78 is 39.5. The maximum Gasteiger partial charge on any atom is 0.406 e. The summed E-state index contributed by atoms with van der Waals surface area (Å²) in [6.45, 7) is 3.85. The fraction of sp³-hybridized carbons (Fsp3) is 0.571. The molecule has 0 aliphatic carbocycles. The summed E-state index contributed by atoms with van der Waals surface area (Å²) in [5.74, 6) is -0.483. The first-order valence-electron chi connectivity index (χ1n) is 6.95. The molecule has 0 radical (unpaired) electrons. The average molecular weight is 333 g/mol. The number of carbonyl (C=O) groups is 1. The van der Waals surface area contributed by atoms with Crippen molar-refractivity contribution in [2.24, 2.45) is 0 Å². The lowest BCUT2D eigenvalue weighted by Gasteiger charge is -2.27. The van der Waals surface area contributed by atoms with E-state index in [0.717, 1.165) is 21.2 Å². The quantitative estimate of drug-likeness (QED) is 0.841. The minimum atomic E-state index is -4.38. The molecule has 8 heteroatoms. The zero-order chi connectivity index (χ0) is 16.5. The molecule has 2 heterocycles. The molecule has 2 aromatic rings. The van der Waals surface area contributed by atoms with E-state index in [0.29, 0.717) is 6.42 Å². The van der Waals surface area contributed by atoms with Gasteiger partial charge in [-0.3, -0.25) is 9.20 Å². The van der Waals surface area contributed by atoms with E-state index in [4.69, 9.17) is 0 Å². The van der Waals surface area contributed by atoms with Crippen LogP contribution in [0.4, 0.5) is 13.2 Å². The molecular weight excluding hydrogens is 315 g/mol. The molecule has 0 N–H and O–H groups in total. The van der Waals surface area contributed by atoms with Gasteiger partial charge in [-0.05, 0) is 27.2 Å². The highest BCUT2D eigenvalue weighted by atomic mass is 32.1. The van der Waals surface area contributed by atoms with Gasteiger partial charge in [0.05, 0.1) is 5.69 Å². The largest absolute Gasteiger partial charge is 0.406 e. The second kappa shape index (κ2) is 6.28. The van der Waals surface area contributed by atoms with E-state index in [1.54, 1.807) is 13.8 Å². The molecule has 0 fully saturated rings. The van der Waals surface area contributed by atoms with E-state index in [2.05, 4.69) is 4.98 Å². The summed E-state index contributed by atoms with van der Waals surface area (Å²) in [4.78, 5) is 18.1. The molecule has 2 aromatic heterocycles. The minimum Gasteiger partial charge on any atom is -0.331 e. The summed E-state index contributed by atoms with van der Waals surface area (Å²) in [7, 11) is 0. The standard InChI is InChI=1S/C14H18F3N3OS/c1-9(2)20(8-14(15,16)17)12(21)5-4-11-7-22-13-18-10(3)6-19(11)13/h6-7,9H,4-5,8H2,1-3H3. The van der Waals surface area contributed by atoms with Crippen LogP contribution in [0.25, 0.3) is 4.96 Å². The first-order chi connectivity index (χ1) is 10.2. The van der Waals surface area contributed by atoms with Crippen LogP contribution < -0.4 is 0 Å². The Morgan fingerprint density at radius 2 is 2.14 bits per heavy atom. The minimum absolute atomic E-state index is 0.0529. The number of rotatable bonds is 5. The van der Waals surface area contributed by atoms with Crippen LogP contribution in [-0.4, -0.2) is 39.0 Å². The van der Waals surface area contributed by atoms with Crippen LogP contribution in [0, 0.1) is 6.92 Å². The highest BCUT2D eigenvalue weighted by Crippen LogP contribution is 2.21. The first kappa shape index (κ1) is 16.8. The number of halogens is 3. The van der Waals surface area contributed by atoms with Crippen LogP contribution in [0.1, 0.15) is 31.7 Å². The maximum absolute atomic E-state index is 12.5. The Hall–Kier alpha value is -1.57. The van der Waals surface area contributed by atoms with E-state index in [1.165, 1.54) is 11.3 Å². The monoisotopic (exact) mass is 333 g/mol. The zero-order valence-corrected chi connectivity index (χ0v) is 13.5. The molecule has 4 nitrogen and oxygen atoms in total. The van der Waals surface area contributed by atoms with Gasteiger partial charge in [0.15, 0.2) is 4.96 Å². The average Bonchev–Trinajstić information content (AvgIpc) is 2.91. The number of alkyl halides is 3. The lowest BCUT2D eigenvalue weighted by molar-refractivity contribution is -0.164. The fourth-order valence-electron chi connectivity index (χ4n) is 2.25. The molecule has 0 unspecified atom stereocenters. The van der Waals surface area contributed by atoms with Crippen LogP contribution in [0.2, 0.25) is 0 Å². The molecule has 2 rings (SSSR count). The Bertz CT molecular complexity index is 660. The van der Waals surface area contributed by atoms with Crippen molar-refractivity contribution in [3.05, 3.63) is 23.0 Å². The topological polar surface area (TPSA) is 37.6 Å². The van der Waals surface area contributed by atoms with E-state index < -0.39 is 24.7 Å². The Morgan fingerprint density at radius 1 is 1.45 bits per heavy atom. The molecule has 0 aromatic carbocycles. The van der Waals surface area contributed by atoms with Crippen LogP contribution >= 0.6 is 11.3 Å². The van der Waals surface area contributed by atoms with E-state index in [9.17, 15) is 18.0 Å². The lowest BCUT2D eigenvalue weighted by atomic mass is 10.2. The van der Waals surface area contributed by atoms with Crippen LogP contribution in [0.5, 0.6) is 0 Å². The number of nitrogens with zero attached hydrogens (tertiary/aromatic N) is 3. The van der Waals surface area contributed by atoms with Gasteiger partial charge in [0.2, 0.25) is 5.91 Å². The van der Waals surface area contributed by atoms with Gasteiger partial charge >= 0.3 is 6.18 Å². The van der Waals surface area contributed by atoms with Gasteiger partial charge in [0.1, 0.15) is 6.54 Å². The third kappa shape index (κ3) is 4.00. The van der Waals surface area contributed by atoms with Crippen molar-refractivity contribution in [3.63, 3.8) is 0 Å². The van der Waals surface area contributed by atoms with Crippen LogP contribution in [-0.2, 0) is 11.2 Å². The van der Waals surface area contributed by atoms with Crippen molar-refractivity contribution in [1.29, 1.82) is 0 Å². The third-order valence-corrected chi connectivity index (χ3v) is 4.18. The van der Waals surface area contributed by atoms with Crippen molar-refractivity contribution in [2.45, 2.75) is 45.8 Å². The Labute approximate surface area is 130 Å². The second-order valence-corrected chi connectivity index (χ2v) is 6.33. The molecule has 0 atom stereocenters. The number of carbonyl (C=O) groups excluding carboxylic acids is 1. The summed E-state index contributed by atoms with van der Waals surface area (Å²) >= 11 is 1.46. The molecule has 0 spiro atoms. The van der Waals surface area contributed by atoms with Crippen molar-refractivity contribution in [1.82, 2.24) is 14.3 Å². The highest BCUT2D eigenvalue weighted by molar-refractivity contribution is 7.15. The fourth-order valence-corrected chi connectivity index (χ4v) is 3.21. The molecular formula is C14H18F3N3OS. The lowest BCUT2D eigenvalue weighted by Crippen LogP contribution is -2.43. The number of hydrogen-bond donors (Lipinski definition) is 0. The summed E-state index contributed by atoms with van der Waals surface area (Å²) in [6, 6.07) is -0.480. The Morgan fingerprint density at radius 3 is 2.73 bits per heavy atom. The smallest absolute Gasteiger partial charge is 0.331 e. The van der Waals surface area contributed by atoms with Crippen molar-refractivity contribution >= 4 is 22.2 Å². The van der Waals surface area contributed by atoms with E-state index >= 15 is 0 Å². The molecule has 1 amide bonds. The number of imidazole rings is 1. The van der Waals surface area contributed by atoms with Crippen LogP contribution in [0.15, 0.2) is 11.6 Å². The predicted octanol–water partition coefficient (Wildman–Crippen LogP) is 3.44. The molecule has 122 valence electrons. The zero-order valence-electron chi connectivity index (χ0n) is 12.6. The number of aromatic nitrogens is 2. The molecule has 0 bridgehead atoms. The van der Waals surface area contributed by atoms with Crippen molar-refractivity contribution in [3.8, 4) is 0 Å². The van der Waals surface area contributed by atoms with Crippen LogP contribution in [0.3, 0.4) is 0 Å². The van der Waals surface area contributed by atoms with Gasteiger partial charge in [-0.2, -0.15) is 13.2 Å². The molecule has 22 heavy (non-hydrogen) atoms. The SMILES string of the molecule is Cc1cn2c(CCC(=O)N(CC(F)(F)F)C(C)C)csc2n1. The Balaban J connectivity index is 2.04. The maximum atomic E-state index is 12.5. The summed E-state index contributed by atoms with van der Waals surface area (Å²) in [6.07, 6.45) is -2.06. The van der Waals surface area contributed by atoms with E-state index in [1.807, 2.05) is 22.9 Å². The molecule has 0 aliphatic rings. The van der Waals surface area contributed by atoms with Crippen molar-refractivity contribution in [2.75, 3.05) is 6.54 Å². The van der Waals surface area contributed by atoms with Gasteiger partial charge in [-0.15, -0.1) is 11.3 Å². The number of amides is 1. The number of aryl methyl sites for hydroxylation is 2. The van der Waals surface area contributed by atoms with Gasteiger partial charge in [0, 0.05) is 29.7 Å². The molecule has 0 saturated carbocycles. The summed E-state index contributed by atoms with van der Waals surface area (Å²) in [5, 5.41) is 1.89. The van der Waals surface area contributed by atoms with Gasteiger partial charge < -0.3 is 4.90 Å². The van der Waals surface area contributed by atoms with Gasteiger partial charge in [-0.25, -0.2) is 4.98 Å². The summed E-state index contributed by atoms with van der Waals surface area (Å²) in [5.41, 5.74) is 1.77. The number of thiazole rings is 1. The normalized spacial score (nSPS) is 12.3. The predicted molar refractivity (Wildman–Crippen MR) is 79.0 cm³/mol. The van der Waals surface area contributed by atoms with Crippen molar-refractivity contribution < 1.29 is 18.0 Å².